The molecular weight excluding hydrogens is 382 g/mol. The molecule has 0 spiro atoms. The average Bonchev–Trinajstić information content (AvgIpc) is 2.64. The number of amides is 2. The van der Waals surface area contributed by atoms with E-state index in [4.69, 9.17) is 5.73 Å². The number of hydrogen-bond donors (Lipinski definition) is 5. The highest BCUT2D eigenvalue weighted by Crippen LogP contribution is 2.12. The number of rotatable bonds is 11. The van der Waals surface area contributed by atoms with Gasteiger partial charge in [0.05, 0.1) is 6.04 Å². The number of phenols is 1. The molecule has 156 valence electrons. The molecule has 1 rings (SSSR count). The number of carbonyl (C=O) groups is 3. The highest BCUT2D eigenvalue weighted by Gasteiger charge is 2.29. The Balaban J connectivity index is 2.95. The lowest BCUT2D eigenvalue weighted by Crippen LogP contribution is -2.56. The van der Waals surface area contributed by atoms with Gasteiger partial charge >= 0.3 is 5.97 Å². The summed E-state index contributed by atoms with van der Waals surface area (Å²) in [7, 11) is 0. The molecule has 2 amide bonds. The van der Waals surface area contributed by atoms with Crippen LogP contribution >= 0.6 is 11.8 Å². The number of thioether (sulfide) groups is 1. The smallest absolute Gasteiger partial charge is 0.326 e. The van der Waals surface area contributed by atoms with Gasteiger partial charge in [-0.1, -0.05) is 26.0 Å². The average molecular weight is 412 g/mol. The Labute approximate surface area is 169 Å². The van der Waals surface area contributed by atoms with Gasteiger partial charge in [0.15, 0.2) is 0 Å². The van der Waals surface area contributed by atoms with Crippen molar-refractivity contribution in [3.63, 3.8) is 0 Å². The predicted molar refractivity (Wildman–Crippen MR) is 109 cm³/mol. The van der Waals surface area contributed by atoms with E-state index < -0.39 is 35.9 Å². The minimum atomic E-state index is -1.14. The number of aliphatic carboxylic acids is 1. The van der Waals surface area contributed by atoms with E-state index in [2.05, 4.69) is 10.6 Å². The molecule has 1 aromatic rings. The SMILES string of the molecule is CSCC[C@H](N)C(=O)N[C@@H](Cc1ccc(O)cc1)C(=O)N[C@H](C(=O)O)C(C)C. The van der Waals surface area contributed by atoms with Gasteiger partial charge in [0.25, 0.3) is 0 Å². The third kappa shape index (κ3) is 7.77. The fourth-order valence-electron chi connectivity index (χ4n) is 2.50. The Kier molecular flexibility index (Phi) is 9.81. The molecule has 0 aromatic heterocycles. The van der Waals surface area contributed by atoms with Gasteiger partial charge in [-0.3, -0.25) is 9.59 Å². The second-order valence-electron chi connectivity index (χ2n) is 6.89. The van der Waals surface area contributed by atoms with Crippen LogP contribution in [0, 0.1) is 5.92 Å². The van der Waals surface area contributed by atoms with Gasteiger partial charge in [0.2, 0.25) is 11.8 Å². The van der Waals surface area contributed by atoms with Crippen molar-refractivity contribution in [3.8, 4) is 5.75 Å². The van der Waals surface area contributed by atoms with E-state index in [9.17, 15) is 24.6 Å². The summed E-state index contributed by atoms with van der Waals surface area (Å²) in [4.78, 5) is 36.5. The number of carboxylic acid groups (broad SMARTS) is 1. The highest BCUT2D eigenvalue weighted by molar-refractivity contribution is 7.98. The summed E-state index contributed by atoms with van der Waals surface area (Å²) in [5.74, 6) is -1.75. The van der Waals surface area contributed by atoms with E-state index in [-0.39, 0.29) is 18.1 Å². The molecule has 0 saturated carbocycles. The third-order valence-electron chi connectivity index (χ3n) is 4.21. The molecule has 6 N–H and O–H groups in total. The van der Waals surface area contributed by atoms with E-state index in [1.807, 2.05) is 6.26 Å². The minimum Gasteiger partial charge on any atom is -0.508 e. The van der Waals surface area contributed by atoms with Crippen LogP contribution < -0.4 is 16.4 Å². The van der Waals surface area contributed by atoms with Crippen LogP contribution in [-0.4, -0.2) is 58.1 Å². The second-order valence-corrected chi connectivity index (χ2v) is 7.87. The highest BCUT2D eigenvalue weighted by atomic mass is 32.2. The summed E-state index contributed by atoms with van der Waals surface area (Å²) in [6.07, 6.45) is 2.51. The standard InChI is InChI=1S/C19H29N3O5S/c1-11(2)16(19(26)27)22-18(25)15(10-12-4-6-13(23)7-5-12)21-17(24)14(20)8-9-28-3/h4-7,11,14-16,23H,8-10,20H2,1-3H3,(H,21,24)(H,22,25)(H,26,27)/t14-,15-,16-/m0/s1. The summed E-state index contributed by atoms with van der Waals surface area (Å²) >= 11 is 1.56. The quantitative estimate of drug-likeness (QED) is 0.361. The van der Waals surface area contributed by atoms with Gasteiger partial charge in [-0.25, -0.2) is 4.79 Å². The molecule has 9 heteroatoms. The maximum absolute atomic E-state index is 12.7. The number of aromatic hydroxyl groups is 1. The van der Waals surface area contributed by atoms with E-state index in [0.717, 1.165) is 0 Å². The van der Waals surface area contributed by atoms with Crippen LogP contribution in [-0.2, 0) is 20.8 Å². The fourth-order valence-corrected chi connectivity index (χ4v) is 2.99. The molecule has 0 bridgehead atoms. The molecule has 8 nitrogen and oxygen atoms in total. The van der Waals surface area contributed by atoms with Crippen LogP contribution in [0.5, 0.6) is 5.75 Å². The van der Waals surface area contributed by atoms with E-state index in [0.29, 0.717) is 17.7 Å². The number of benzene rings is 1. The Morgan fingerprint density at radius 2 is 1.71 bits per heavy atom. The van der Waals surface area contributed by atoms with Crippen LogP contribution in [0.15, 0.2) is 24.3 Å². The number of phenolic OH excluding ortho intramolecular Hbond substituents is 1. The summed E-state index contributed by atoms with van der Waals surface area (Å²) in [6.45, 7) is 3.37. The molecule has 28 heavy (non-hydrogen) atoms. The molecule has 0 aliphatic heterocycles. The van der Waals surface area contributed by atoms with Crippen LogP contribution in [0.25, 0.3) is 0 Å². The van der Waals surface area contributed by atoms with Crippen molar-refractivity contribution in [3.05, 3.63) is 29.8 Å². The van der Waals surface area contributed by atoms with E-state index in [1.54, 1.807) is 37.7 Å². The molecule has 0 heterocycles. The summed E-state index contributed by atoms with van der Waals surface area (Å²) in [5.41, 5.74) is 6.58. The van der Waals surface area contributed by atoms with E-state index >= 15 is 0 Å². The first-order valence-electron chi connectivity index (χ1n) is 9.01. The van der Waals surface area contributed by atoms with Crippen molar-refractivity contribution < 1.29 is 24.6 Å². The maximum Gasteiger partial charge on any atom is 0.326 e. The fraction of sp³-hybridized carbons (Fsp3) is 0.526. The second kappa shape index (κ2) is 11.6. The molecule has 0 aliphatic carbocycles. The first kappa shape index (κ1) is 23.8. The van der Waals surface area contributed by atoms with Crippen molar-refractivity contribution in [2.75, 3.05) is 12.0 Å². The van der Waals surface area contributed by atoms with Crippen molar-refractivity contribution in [2.24, 2.45) is 11.7 Å². The predicted octanol–water partition coefficient (Wildman–Crippen LogP) is 0.725. The number of nitrogens with two attached hydrogens (primary N) is 1. The van der Waals surface area contributed by atoms with Gasteiger partial charge in [0, 0.05) is 6.42 Å². The minimum absolute atomic E-state index is 0.0821. The third-order valence-corrected chi connectivity index (χ3v) is 4.85. The monoisotopic (exact) mass is 411 g/mol. The maximum atomic E-state index is 12.7. The zero-order valence-electron chi connectivity index (χ0n) is 16.3. The molecule has 0 unspecified atom stereocenters. The van der Waals surface area contributed by atoms with Crippen LogP contribution in [0.2, 0.25) is 0 Å². The molecule has 0 saturated heterocycles. The summed E-state index contributed by atoms with van der Waals surface area (Å²) in [5, 5.41) is 23.8. The van der Waals surface area contributed by atoms with Crippen molar-refractivity contribution >= 4 is 29.5 Å². The lowest BCUT2D eigenvalue weighted by atomic mass is 10.0. The zero-order chi connectivity index (χ0) is 21.3. The zero-order valence-corrected chi connectivity index (χ0v) is 17.2. The Hall–Kier alpha value is -2.26. The molecular formula is C19H29N3O5S. The first-order valence-corrected chi connectivity index (χ1v) is 10.4. The Morgan fingerprint density at radius 3 is 2.21 bits per heavy atom. The Bertz CT molecular complexity index is 666. The Morgan fingerprint density at radius 1 is 1.11 bits per heavy atom. The topological polar surface area (TPSA) is 142 Å². The lowest BCUT2D eigenvalue weighted by Gasteiger charge is -2.24. The van der Waals surface area contributed by atoms with Gasteiger partial charge in [0.1, 0.15) is 17.8 Å². The van der Waals surface area contributed by atoms with Crippen molar-refractivity contribution in [1.82, 2.24) is 10.6 Å². The van der Waals surface area contributed by atoms with E-state index in [1.165, 1.54) is 12.1 Å². The molecule has 0 fully saturated rings. The van der Waals surface area contributed by atoms with Crippen LogP contribution in [0.4, 0.5) is 0 Å². The molecule has 1 aromatic carbocycles. The summed E-state index contributed by atoms with van der Waals surface area (Å²) in [6, 6.07) is 3.39. The molecule has 3 atom stereocenters. The normalized spacial score (nSPS) is 14.2. The lowest BCUT2D eigenvalue weighted by molar-refractivity contribution is -0.143. The van der Waals surface area contributed by atoms with Crippen LogP contribution in [0.1, 0.15) is 25.8 Å². The first-order chi connectivity index (χ1) is 13.1. The number of hydrogen-bond acceptors (Lipinski definition) is 6. The number of carboxylic acids is 1. The van der Waals surface area contributed by atoms with Gasteiger partial charge in [-0.2, -0.15) is 11.8 Å². The van der Waals surface area contributed by atoms with Crippen molar-refractivity contribution in [1.29, 1.82) is 0 Å². The van der Waals surface area contributed by atoms with Crippen molar-refractivity contribution in [2.45, 2.75) is 44.8 Å². The number of carbonyl (C=O) groups excluding carboxylic acids is 2. The number of nitrogens with one attached hydrogen (secondary N) is 2. The van der Waals surface area contributed by atoms with Gasteiger partial charge in [-0.05, 0) is 42.0 Å². The molecule has 0 aliphatic rings. The largest absolute Gasteiger partial charge is 0.508 e. The summed E-state index contributed by atoms with van der Waals surface area (Å²) < 4.78 is 0. The van der Waals surface area contributed by atoms with Crippen LogP contribution in [0.3, 0.4) is 0 Å². The van der Waals surface area contributed by atoms with Gasteiger partial charge in [-0.15, -0.1) is 0 Å². The van der Waals surface area contributed by atoms with Gasteiger partial charge < -0.3 is 26.6 Å². The molecule has 0 radical (unpaired) electrons.